The quantitative estimate of drug-likeness (QED) is 0.826. The fourth-order valence-electron chi connectivity index (χ4n) is 1.35. The van der Waals surface area contributed by atoms with Gasteiger partial charge in [0.05, 0.1) is 0 Å². The van der Waals surface area contributed by atoms with E-state index in [1.807, 2.05) is 12.1 Å². The molecule has 1 N–H and O–H groups in total. The molecule has 0 saturated heterocycles. The lowest BCUT2D eigenvalue weighted by atomic mass is 10.1. The SMILES string of the molecule is CN(C)C(=O)CCNC(=O)c1ccc(CCl)cc1. The Labute approximate surface area is 112 Å². The number of hydrogen-bond acceptors (Lipinski definition) is 2. The molecule has 0 radical (unpaired) electrons. The molecule has 5 heteroatoms. The second-order valence-corrected chi connectivity index (χ2v) is 4.39. The molecule has 0 heterocycles. The van der Waals surface area contributed by atoms with Crippen LogP contribution in [0.3, 0.4) is 0 Å². The number of amides is 2. The molecule has 98 valence electrons. The Morgan fingerprint density at radius 2 is 1.83 bits per heavy atom. The van der Waals surface area contributed by atoms with Crippen LogP contribution in [0.4, 0.5) is 0 Å². The Balaban J connectivity index is 2.43. The van der Waals surface area contributed by atoms with Gasteiger partial charge in [-0.1, -0.05) is 12.1 Å². The zero-order chi connectivity index (χ0) is 13.5. The van der Waals surface area contributed by atoms with E-state index in [0.29, 0.717) is 24.4 Å². The first-order chi connectivity index (χ1) is 8.54. The molecule has 2 amide bonds. The minimum atomic E-state index is -0.178. The summed E-state index contributed by atoms with van der Waals surface area (Å²) in [5.74, 6) is 0.245. The van der Waals surface area contributed by atoms with Crippen molar-refractivity contribution in [3.05, 3.63) is 35.4 Å². The van der Waals surface area contributed by atoms with Gasteiger partial charge < -0.3 is 10.2 Å². The predicted molar refractivity (Wildman–Crippen MR) is 71.6 cm³/mol. The van der Waals surface area contributed by atoms with Gasteiger partial charge in [-0.2, -0.15) is 0 Å². The molecule has 0 saturated carbocycles. The molecule has 0 unspecified atom stereocenters. The fourth-order valence-corrected chi connectivity index (χ4v) is 1.53. The van der Waals surface area contributed by atoms with E-state index < -0.39 is 0 Å². The maximum Gasteiger partial charge on any atom is 0.251 e. The zero-order valence-electron chi connectivity index (χ0n) is 10.6. The van der Waals surface area contributed by atoms with Crippen LogP contribution < -0.4 is 5.32 Å². The van der Waals surface area contributed by atoms with E-state index in [1.165, 1.54) is 4.90 Å². The summed E-state index contributed by atoms with van der Waals surface area (Å²) >= 11 is 5.66. The van der Waals surface area contributed by atoms with Crippen LogP contribution >= 0.6 is 11.6 Å². The average molecular weight is 269 g/mol. The van der Waals surface area contributed by atoms with Crippen LogP contribution in [0, 0.1) is 0 Å². The van der Waals surface area contributed by atoms with Crippen LogP contribution in [-0.4, -0.2) is 37.4 Å². The lowest BCUT2D eigenvalue weighted by Gasteiger charge is -2.10. The molecule has 0 aliphatic rings. The summed E-state index contributed by atoms with van der Waals surface area (Å²) in [5, 5.41) is 2.70. The van der Waals surface area contributed by atoms with Gasteiger partial charge in [0.1, 0.15) is 0 Å². The van der Waals surface area contributed by atoms with E-state index >= 15 is 0 Å². The number of nitrogens with zero attached hydrogens (tertiary/aromatic N) is 1. The minimum absolute atomic E-state index is 0.00668. The molecule has 0 fully saturated rings. The molecule has 0 spiro atoms. The summed E-state index contributed by atoms with van der Waals surface area (Å²) in [7, 11) is 3.38. The molecule has 0 aromatic heterocycles. The van der Waals surface area contributed by atoms with Crippen LogP contribution in [0.25, 0.3) is 0 Å². The average Bonchev–Trinajstić information content (AvgIpc) is 2.38. The van der Waals surface area contributed by atoms with E-state index in [1.54, 1.807) is 26.2 Å². The monoisotopic (exact) mass is 268 g/mol. The van der Waals surface area contributed by atoms with Crippen LogP contribution in [0.2, 0.25) is 0 Å². The summed E-state index contributed by atoms with van der Waals surface area (Å²) < 4.78 is 0. The molecule has 1 aromatic carbocycles. The lowest BCUT2D eigenvalue weighted by Crippen LogP contribution is -2.30. The van der Waals surface area contributed by atoms with E-state index in [-0.39, 0.29) is 11.8 Å². The molecule has 0 atom stereocenters. The summed E-state index contributed by atoms with van der Waals surface area (Å²) in [5.41, 5.74) is 1.54. The number of hydrogen-bond donors (Lipinski definition) is 1. The first-order valence-corrected chi connectivity index (χ1v) is 6.21. The van der Waals surface area contributed by atoms with Gasteiger partial charge in [0, 0.05) is 38.5 Å². The third kappa shape index (κ3) is 4.37. The Morgan fingerprint density at radius 1 is 1.22 bits per heavy atom. The number of benzene rings is 1. The summed E-state index contributed by atoms with van der Waals surface area (Å²) in [4.78, 5) is 24.5. The standard InChI is InChI=1S/C13H17ClN2O2/c1-16(2)12(17)7-8-15-13(18)11-5-3-10(9-14)4-6-11/h3-6H,7-9H2,1-2H3,(H,15,18). The van der Waals surface area contributed by atoms with E-state index in [9.17, 15) is 9.59 Å². The minimum Gasteiger partial charge on any atom is -0.352 e. The Kier molecular flexibility index (Phi) is 5.65. The van der Waals surface area contributed by atoms with Crippen molar-refractivity contribution in [2.75, 3.05) is 20.6 Å². The van der Waals surface area contributed by atoms with E-state index in [0.717, 1.165) is 5.56 Å². The molecule has 0 aliphatic carbocycles. The van der Waals surface area contributed by atoms with Crippen molar-refractivity contribution in [3.63, 3.8) is 0 Å². The van der Waals surface area contributed by atoms with Crippen LogP contribution in [0.1, 0.15) is 22.3 Å². The van der Waals surface area contributed by atoms with Crippen molar-refractivity contribution < 1.29 is 9.59 Å². The molecule has 1 rings (SSSR count). The van der Waals surface area contributed by atoms with Gasteiger partial charge in [-0.15, -0.1) is 11.6 Å². The first kappa shape index (κ1) is 14.5. The molecular formula is C13H17ClN2O2. The first-order valence-electron chi connectivity index (χ1n) is 5.68. The summed E-state index contributed by atoms with van der Waals surface area (Å²) in [6.45, 7) is 0.340. The molecule has 18 heavy (non-hydrogen) atoms. The van der Waals surface area contributed by atoms with Crippen LogP contribution in [0.5, 0.6) is 0 Å². The van der Waals surface area contributed by atoms with Crippen LogP contribution in [0.15, 0.2) is 24.3 Å². The van der Waals surface area contributed by atoms with Crippen molar-refractivity contribution in [2.45, 2.75) is 12.3 Å². The Hall–Kier alpha value is -1.55. The highest BCUT2D eigenvalue weighted by Gasteiger charge is 2.07. The molecule has 4 nitrogen and oxygen atoms in total. The van der Waals surface area contributed by atoms with Gasteiger partial charge >= 0.3 is 0 Å². The van der Waals surface area contributed by atoms with Crippen LogP contribution in [-0.2, 0) is 10.7 Å². The normalized spacial score (nSPS) is 9.94. The Bertz CT molecular complexity index is 416. The highest BCUT2D eigenvalue weighted by molar-refractivity contribution is 6.17. The van der Waals surface area contributed by atoms with Gasteiger partial charge in [-0.05, 0) is 17.7 Å². The second kappa shape index (κ2) is 7.01. The van der Waals surface area contributed by atoms with Crippen molar-refractivity contribution in [1.82, 2.24) is 10.2 Å². The summed E-state index contributed by atoms with van der Waals surface area (Å²) in [6, 6.07) is 7.07. The molecule has 1 aromatic rings. The van der Waals surface area contributed by atoms with Crippen molar-refractivity contribution in [2.24, 2.45) is 0 Å². The van der Waals surface area contributed by atoms with Crippen molar-refractivity contribution in [1.29, 1.82) is 0 Å². The third-order valence-electron chi connectivity index (χ3n) is 2.49. The predicted octanol–water partition coefficient (Wildman–Crippen LogP) is 1.63. The largest absolute Gasteiger partial charge is 0.352 e. The third-order valence-corrected chi connectivity index (χ3v) is 2.80. The van der Waals surface area contributed by atoms with E-state index in [2.05, 4.69) is 5.32 Å². The maximum absolute atomic E-state index is 11.7. The van der Waals surface area contributed by atoms with Gasteiger partial charge in [-0.25, -0.2) is 0 Å². The van der Waals surface area contributed by atoms with Gasteiger partial charge in [0.15, 0.2) is 0 Å². The number of nitrogens with one attached hydrogen (secondary N) is 1. The topological polar surface area (TPSA) is 49.4 Å². The van der Waals surface area contributed by atoms with E-state index in [4.69, 9.17) is 11.6 Å². The second-order valence-electron chi connectivity index (χ2n) is 4.12. The maximum atomic E-state index is 11.7. The molecule has 0 bridgehead atoms. The number of rotatable bonds is 5. The number of carbonyl (C=O) groups excluding carboxylic acids is 2. The van der Waals surface area contributed by atoms with Gasteiger partial charge in [-0.3, -0.25) is 9.59 Å². The van der Waals surface area contributed by atoms with Gasteiger partial charge in [0.2, 0.25) is 5.91 Å². The fraction of sp³-hybridized carbons (Fsp3) is 0.385. The van der Waals surface area contributed by atoms with Gasteiger partial charge in [0.25, 0.3) is 5.91 Å². The highest BCUT2D eigenvalue weighted by Crippen LogP contribution is 2.06. The smallest absolute Gasteiger partial charge is 0.251 e. The van der Waals surface area contributed by atoms with Crippen molar-refractivity contribution in [3.8, 4) is 0 Å². The highest BCUT2D eigenvalue weighted by atomic mass is 35.5. The molecule has 0 aliphatic heterocycles. The molecular weight excluding hydrogens is 252 g/mol. The number of carbonyl (C=O) groups is 2. The zero-order valence-corrected chi connectivity index (χ0v) is 11.3. The lowest BCUT2D eigenvalue weighted by molar-refractivity contribution is -0.128. The number of alkyl halides is 1. The number of halogens is 1. The Morgan fingerprint density at radius 3 is 2.33 bits per heavy atom. The summed E-state index contributed by atoms with van der Waals surface area (Å²) in [6.07, 6.45) is 0.304. The van der Waals surface area contributed by atoms with Crippen molar-refractivity contribution >= 4 is 23.4 Å².